The largest absolute Gasteiger partial charge is 0.494 e. The van der Waals surface area contributed by atoms with E-state index in [0.29, 0.717) is 40.3 Å². The van der Waals surface area contributed by atoms with Crippen LogP contribution in [-0.4, -0.2) is 12.4 Å². The predicted octanol–water partition coefficient (Wildman–Crippen LogP) is 6.90. The van der Waals surface area contributed by atoms with Gasteiger partial charge in [-0.1, -0.05) is 41.4 Å². The van der Waals surface area contributed by atoms with Crippen LogP contribution < -0.4 is 14.2 Å². The van der Waals surface area contributed by atoms with Crippen LogP contribution in [-0.2, 0) is 6.61 Å². The van der Waals surface area contributed by atoms with Crippen LogP contribution in [0.2, 0.25) is 10.0 Å². The zero-order chi connectivity index (χ0) is 22.0. The number of ether oxygens (including phenoxy) is 3. The van der Waals surface area contributed by atoms with Crippen LogP contribution in [0.1, 0.15) is 34.0 Å². The van der Waals surface area contributed by atoms with Crippen LogP contribution in [0.25, 0.3) is 6.08 Å². The van der Waals surface area contributed by atoms with Crippen LogP contribution in [0.5, 0.6) is 17.2 Å². The fourth-order valence-electron chi connectivity index (χ4n) is 3.29. The molecule has 3 aromatic rings. The van der Waals surface area contributed by atoms with E-state index >= 15 is 0 Å². The SMILES string of the molecule is CCOc1ccc(/C=C2\Oc3c(ccc(OCc4ccc(Cl)c(Cl)c4)c3C)C2=O)cc1. The molecule has 0 saturated heterocycles. The van der Waals surface area contributed by atoms with Gasteiger partial charge in [0.25, 0.3) is 0 Å². The van der Waals surface area contributed by atoms with Crippen LogP contribution in [0.4, 0.5) is 0 Å². The molecule has 1 aliphatic rings. The monoisotopic (exact) mass is 454 g/mol. The molecule has 0 aliphatic carbocycles. The second kappa shape index (κ2) is 9.04. The zero-order valence-corrected chi connectivity index (χ0v) is 18.6. The molecule has 0 amide bonds. The number of hydrogen-bond donors (Lipinski definition) is 0. The van der Waals surface area contributed by atoms with E-state index in [0.717, 1.165) is 22.4 Å². The Labute approximate surface area is 191 Å². The van der Waals surface area contributed by atoms with Gasteiger partial charge in [-0.15, -0.1) is 0 Å². The second-order valence-electron chi connectivity index (χ2n) is 7.04. The van der Waals surface area contributed by atoms with E-state index in [1.54, 1.807) is 30.3 Å². The molecule has 4 rings (SSSR count). The number of ketones is 1. The van der Waals surface area contributed by atoms with E-state index in [9.17, 15) is 4.79 Å². The van der Waals surface area contributed by atoms with Gasteiger partial charge in [0.05, 0.1) is 22.2 Å². The molecule has 0 fully saturated rings. The molecule has 0 unspecified atom stereocenters. The number of Topliss-reactive ketones (excluding diaryl/α,β-unsaturated/α-hetero) is 1. The van der Waals surface area contributed by atoms with Gasteiger partial charge in [0.2, 0.25) is 5.78 Å². The predicted molar refractivity (Wildman–Crippen MR) is 123 cm³/mol. The molecule has 0 spiro atoms. The van der Waals surface area contributed by atoms with E-state index in [-0.39, 0.29) is 11.5 Å². The number of allylic oxidation sites excluding steroid dienone is 1. The average Bonchev–Trinajstić information content (AvgIpc) is 3.08. The van der Waals surface area contributed by atoms with E-state index in [4.69, 9.17) is 37.4 Å². The summed E-state index contributed by atoms with van der Waals surface area (Å²) in [7, 11) is 0. The molecule has 1 heterocycles. The molecule has 0 aromatic heterocycles. The summed E-state index contributed by atoms with van der Waals surface area (Å²) in [5.41, 5.74) is 3.04. The van der Waals surface area contributed by atoms with E-state index in [1.165, 1.54) is 0 Å². The Morgan fingerprint density at radius 2 is 1.74 bits per heavy atom. The summed E-state index contributed by atoms with van der Waals surface area (Å²) < 4.78 is 17.3. The highest BCUT2D eigenvalue weighted by Gasteiger charge is 2.30. The number of hydrogen-bond acceptors (Lipinski definition) is 4. The van der Waals surface area contributed by atoms with Crippen molar-refractivity contribution < 1.29 is 19.0 Å². The molecule has 1 aliphatic heterocycles. The standard InChI is InChI=1S/C25H20Cl2O4/c1-3-29-18-7-4-16(5-8-18)13-23-24(28)19-9-11-22(15(2)25(19)31-23)30-14-17-6-10-20(26)21(27)12-17/h4-13H,3,14H2,1-2H3/b23-13-. The first-order valence-corrected chi connectivity index (χ1v) is 10.6. The van der Waals surface area contributed by atoms with Gasteiger partial charge >= 0.3 is 0 Å². The van der Waals surface area contributed by atoms with Crippen LogP contribution in [0.3, 0.4) is 0 Å². The number of fused-ring (bicyclic) bond motifs is 1. The Bertz CT molecular complexity index is 1170. The van der Waals surface area contributed by atoms with Crippen molar-refractivity contribution in [3.8, 4) is 17.2 Å². The fraction of sp³-hybridized carbons (Fsp3) is 0.160. The number of rotatable bonds is 6. The average molecular weight is 455 g/mol. The molecule has 3 aromatic carbocycles. The summed E-state index contributed by atoms with van der Waals surface area (Å²) in [6, 6.07) is 16.4. The highest BCUT2D eigenvalue weighted by molar-refractivity contribution is 6.42. The third-order valence-corrected chi connectivity index (χ3v) is 5.64. The molecule has 0 radical (unpaired) electrons. The zero-order valence-electron chi connectivity index (χ0n) is 17.1. The fourth-order valence-corrected chi connectivity index (χ4v) is 3.61. The van der Waals surface area contributed by atoms with E-state index in [2.05, 4.69) is 0 Å². The highest BCUT2D eigenvalue weighted by Crippen LogP contribution is 2.39. The number of benzene rings is 3. The minimum absolute atomic E-state index is 0.150. The van der Waals surface area contributed by atoms with Crippen LogP contribution >= 0.6 is 23.2 Å². The lowest BCUT2D eigenvalue weighted by atomic mass is 10.1. The Balaban J connectivity index is 1.52. The van der Waals surface area contributed by atoms with Crippen molar-refractivity contribution in [1.82, 2.24) is 0 Å². The van der Waals surface area contributed by atoms with E-state index < -0.39 is 0 Å². The number of carbonyl (C=O) groups excluding carboxylic acids is 1. The van der Waals surface area contributed by atoms with Gasteiger partial charge in [0, 0.05) is 5.56 Å². The maximum absolute atomic E-state index is 12.8. The van der Waals surface area contributed by atoms with Gasteiger partial charge < -0.3 is 14.2 Å². The minimum Gasteiger partial charge on any atom is -0.494 e. The van der Waals surface area contributed by atoms with Gasteiger partial charge in [-0.05, 0) is 67.4 Å². The molecule has 4 nitrogen and oxygen atoms in total. The number of carbonyl (C=O) groups is 1. The molecule has 31 heavy (non-hydrogen) atoms. The first-order valence-electron chi connectivity index (χ1n) is 9.83. The quantitative estimate of drug-likeness (QED) is 0.380. The highest BCUT2D eigenvalue weighted by atomic mass is 35.5. The molecule has 0 bridgehead atoms. The van der Waals surface area contributed by atoms with Crippen molar-refractivity contribution in [2.75, 3.05) is 6.61 Å². The summed E-state index contributed by atoms with van der Waals surface area (Å²) >= 11 is 12.0. The third kappa shape index (κ3) is 4.55. The summed E-state index contributed by atoms with van der Waals surface area (Å²) in [6.07, 6.45) is 1.73. The summed E-state index contributed by atoms with van der Waals surface area (Å²) in [5.74, 6) is 2.08. The van der Waals surface area contributed by atoms with Crippen molar-refractivity contribution in [3.05, 3.63) is 92.7 Å². The third-order valence-electron chi connectivity index (χ3n) is 4.90. The van der Waals surface area contributed by atoms with Crippen molar-refractivity contribution >= 4 is 35.1 Å². The lowest BCUT2D eigenvalue weighted by molar-refractivity contribution is 0.101. The molecule has 0 N–H and O–H groups in total. The lowest BCUT2D eigenvalue weighted by Gasteiger charge is -2.12. The van der Waals surface area contributed by atoms with Gasteiger partial charge in [-0.2, -0.15) is 0 Å². The Morgan fingerprint density at radius 3 is 2.45 bits per heavy atom. The summed E-state index contributed by atoms with van der Waals surface area (Å²) in [4.78, 5) is 12.8. The lowest BCUT2D eigenvalue weighted by Crippen LogP contribution is -1.98. The summed E-state index contributed by atoms with van der Waals surface area (Å²) in [6.45, 7) is 4.73. The first kappa shape index (κ1) is 21.3. The molecule has 158 valence electrons. The molecule has 0 saturated carbocycles. The molecular weight excluding hydrogens is 435 g/mol. The molecule has 6 heteroatoms. The van der Waals surface area contributed by atoms with Crippen molar-refractivity contribution in [3.63, 3.8) is 0 Å². The van der Waals surface area contributed by atoms with Crippen molar-refractivity contribution in [2.45, 2.75) is 20.5 Å². The maximum atomic E-state index is 12.8. The van der Waals surface area contributed by atoms with Gasteiger partial charge in [-0.3, -0.25) is 4.79 Å². The number of halogens is 2. The minimum atomic E-state index is -0.150. The van der Waals surface area contributed by atoms with Gasteiger partial charge in [0.15, 0.2) is 5.76 Å². The first-order chi connectivity index (χ1) is 15.0. The van der Waals surface area contributed by atoms with Crippen molar-refractivity contribution in [2.24, 2.45) is 0 Å². The van der Waals surface area contributed by atoms with Gasteiger partial charge in [0.1, 0.15) is 23.9 Å². The van der Waals surface area contributed by atoms with Crippen molar-refractivity contribution in [1.29, 1.82) is 0 Å². The Kier molecular flexibility index (Phi) is 6.21. The topological polar surface area (TPSA) is 44.8 Å². The van der Waals surface area contributed by atoms with Crippen LogP contribution in [0.15, 0.2) is 60.4 Å². The maximum Gasteiger partial charge on any atom is 0.231 e. The summed E-state index contributed by atoms with van der Waals surface area (Å²) in [5, 5.41) is 0.976. The van der Waals surface area contributed by atoms with Crippen LogP contribution in [0, 0.1) is 6.92 Å². The molecular formula is C25H20Cl2O4. The Morgan fingerprint density at radius 1 is 0.968 bits per heavy atom. The van der Waals surface area contributed by atoms with Gasteiger partial charge in [-0.25, -0.2) is 0 Å². The Hall–Kier alpha value is -2.95. The van der Waals surface area contributed by atoms with E-state index in [1.807, 2.05) is 44.2 Å². The molecule has 0 atom stereocenters. The second-order valence-corrected chi connectivity index (χ2v) is 7.86. The normalized spacial score (nSPS) is 13.8. The smallest absolute Gasteiger partial charge is 0.231 e.